The summed E-state index contributed by atoms with van der Waals surface area (Å²) in [6.07, 6.45) is 2.58. The molecule has 0 fully saturated rings. The van der Waals surface area contributed by atoms with E-state index in [1.807, 2.05) is 11.8 Å². The van der Waals surface area contributed by atoms with Crippen molar-refractivity contribution >= 4 is 11.8 Å². The number of hydrogen-bond donors (Lipinski definition) is 1. The zero-order valence-corrected chi connectivity index (χ0v) is 10.4. The highest BCUT2D eigenvalue weighted by Crippen LogP contribution is 2.06. The summed E-state index contributed by atoms with van der Waals surface area (Å²) in [6, 6.07) is 0.677. The molecule has 80 valence electrons. The fourth-order valence-corrected chi connectivity index (χ4v) is 1.84. The van der Waals surface area contributed by atoms with Gasteiger partial charge in [-0.1, -0.05) is 27.2 Å². The zero-order chi connectivity index (χ0) is 10.1. The van der Waals surface area contributed by atoms with Gasteiger partial charge in [0, 0.05) is 6.04 Å². The van der Waals surface area contributed by atoms with Gasteiger partial charge in [-0.3, -0.25) is 0 Å². The molecular weight excluding hydrogens is 178 g/mol. The number of hydrogen-bond acceptors (Lipinski definition) is 2. The van der Waals surface area contributed by atoms with Crippen LogP contribution in [-0.2, 0) is 0 Å². The van der Waals surface area contributed by atoms with Crippen LogP contribution < -0.4 is 5.32 Å². The summed E-state index contributed by atoms with van der Waals surface area (Å²) in [4.78, 5) is 0. The van der Waals surface area contributed by atoms with Crippen molar-refractivity contribution in [1.29, 1.82) is 0 Å². The molecule has 0 rings (SSSR count). The van der Waals surface area contributed by atoms with Crippen LogP contribution in [0.15, 0.2) is 0 Å². The molecule has 0 heterocycles. The lowest BCUT2D eigenvalue weighted by Gasteiger charge is -2.19. The topological polar surface area (TPSA) is 12.0 Å². The minimum Gasteiger partial charge on any atom is -0.314 e. The molecule has 0 aliphatic rings. The molecule has 1 N–H and O–H groups in total. The second kappa shape index (κ2) is 8.89. The average Bonchev–Trinajstić information content (AvgIpc) is 2.16. The number of rotatable bonds is 8. The maximum absolute atomic E-state index is 3.58. The Labute approximate surface area is 88.1 Å². The SMILES string of the molecule is CCSCCCNC(C)C(C)CC. The fourth-order valence-electron chi connectivity index (χ4n) is 1.20. The second-order valence-electron chi connectivity index (χ2n) is 3.68. The molecule has 0 aliphatic heterocycles. The van der Waals surface area contributed by atoms with E-state index in [1.165, 1.54) is 30.9 Å². The quantitative estimate of drug-likeness (QED) is 0.608. The molecule has 0 saturated carbocycles. The highest BCUT2D eigenvalue weighted by Gasteiger charge is 2.07. The van der Waals surface area contributed by atoms with Gasteiger partial charge < -0.3 is 5.32 Å². The molecule has 0 bridgehead atoms. The van der Waals surface area contributed by atoms with Gasteiger partial charge in [-0.05, 0) is 37.3 Å². The van der Waals surface area contributed by atoms with Gasteiger partial charge in [0.25, 0.3) is 0 Å². The van der Waals surface area contributed by atoms with Gasteiger partial charge >= 0.3 is 0 Å². The zero-order valence-electron chi connectivity index (χ0n) is 9.60. The van der Waals surface area contributed by atoms with Gasteiger partial charge in [-0.2, -0.15) is 11.8 Å². The fraction of sp³-hybridized carbons (Fsp3) is 1.00. The van der Waals surface area contributed by atoms with Gasteiger partial charge in [0.2, 0.25) is 0 Å². The van der Waals surface area contributed by atoms with E-state index in [2.05, 4.69) is 33.0 Å². The van der Waals surface area contributed by atoms with Crippen molar-refractivity contribution in [2.24, 2.45) is 5.92 Å². The summed E-state index contributed by atoms with van der Waals surface area (Å²) in [7, 11) is 0. The van der Waals surface area contributed by atoms with Gasteiger partial charge in [-0.25, -0.2) is 0 Å². The van der Waals surface area contributed by atoms with Crippen LogP contribution in [0, 0.1) is 5.92 Å². The van der Waals surface area contributed by atoms with E-state index in [1.54, 1.807) is 0 Å². The number of nitrogens with one attached hydrogen (secondary N) is 1. The summed E-state index contributed by atoms with van der Waals surface area (Å²) in [5, 5.41) is 3.58. The number of thioether (sulfide) groups is 1. The largest absolute Gasteiger partial charge is 0.314 e. The van der Waals surface area contributed by atoms with Crippen LogP contribution in [0.2, 0.25) is 0 Å². The van der Waals surface area contributed by atoms with Crippen LogP contribution in [0.3, 0.4) is 0 Å². The van der Waals surface area contributed by atoms with Crippen LogP contribution in [0.1, 0.15) is 40.5 Å². The molecule has 0 aliphatic carbocycles. The molecule has 0 spiro atoms. The predicted octanol–water partition coefficient (Wildman–Crippen LogP) is 3.15. The van der Waals surface area contributed by atoms with Gasteiger partial charge in [0.15, 0.2) is 0 Å². The van der Waals surface area contributed by atoms with Crippen molar-refractivity contribution in [3.8, 4) is 0 Å². The monoisotopic (exact) mass is 203 g/mol. The van der Waals surface area contributed by atoms with E-state index in [9.17, 15) is 0 Å². The minimum atomic E-state index is 0.677. The van der Waals surface area contributed by atoms with E-state index in [0.717, 1.165) is 5.92 Å². The molecule has 2 heteroatoms. The molecule has 0 radical (unpaired) electrons. The first-order valence-corrected chi connectivity index (χ1v) is 6.68. The second-order valence-corrected chi connectivity index (χ2v) is 5.07. The lowest BCUT2D eigenvalue weighted by Crippen LogP contribution is -2.32. The van der Waals surface area contributed by atoms with Crippen LogP contribution in [-0.4, -0.2) is 24.1 Å². The normalized spacial score (nSPS) is 15.7. The molecule has 0 amide bonds. The first kappa shape index (κ1) is 13.3. The Morgan fingerprint density at radius 3 is 2.46 bits per heavy atom. The minimum absolute atomic E-state index is 0.677. The summed E-state index contributed by atoms with van der Waals surface area (Å²) in [5.74, 6) is 3.36. The summed E-state index contributed by atoms with van der Waals surface area (Å²) in [5.41, 5.74) is 0. The Kier molecular flexibility index (Phi) is 9.10. The third kappa shape index (κ3) is 7.39. The van der Waals surface area contributed by atoms with Crippen LogP contribution in [0.5, 0.6) is 0 Å². The molecule has 13 heavy (non-hydrogen) atoms. The van der Waals surface area contributed by atoms with E-state index in [4.69, 9.17) is 0 Å². The predicted molar refractivity (Wildman–Crippen MR) is 64.5 cm³/mol. The van der Waals surface area contributed by atoms with Crippen molar-refractivity contribution in [2.75, 3.05) is 18.1 Å². The third-order valence-corrected chi connectivity index (χ3v) is 3.62. The van der Waals surface area contributed by atoms with Crippen molar-refractivity contribution in [3.05, 3.63) is 0 Å². The van der Waals surface area contributed by atoms with Crippen LogP contribution in [0.25, 0.3) is 0 Å². The Balaban J connectivity index is 3.21. The average molecular weight is 203 g/mol. The highest BCUT2D eigenvalue weighted by molar-refractivity contribution is 7.99. The highest BCUT2D eigenvalue weighted by atomic mass is 32.2. The maximum atomic E-state index is 3.58. The first-order valence-electron chi connectivity index (χ1n) is 5.53. The Morgan fingerprint density at radius 2 is 1.92 bits per heavy atom. The molecule has 2 unspecified atom stereocenters. The Hall–Kier alpha value is 0.310. The van der Waals surface area contributed by atoms with E-state index in [-0.39, 0.29) is 0 Å². The third-order valence-electron chi connectivity index (χ3n) is 2.63. The van der Waals surface area contributed by atoms with E-state index < -0.39 is 0 Å². The summed E-state index contributed by atoms with van der Waals surface area (Å²) < 4.78 is 0. The van der Waals surface area contributed by atoms with Crippen molar-refractivity contribution in [3.63, 3.8) is 0 Å². The Bertz CT molecular complexity index is 106. The van der Waals surface area contributed by atoms with Gasteiger partial charge in [-0.15, -0.1) is 0 Å². The molecular formula is C11H25NS. The van der Waals surface area contributed by atoms with Crippen molar-refractivity contribution in [2.45, 2.75) is 46.6 Å². The van der Waals surface area contributed by atoms with Gasteiger partial charge in [0.1, 0.15) is 0 Å². The van der Waals surface area contributed by atoms with Gasteiger partial charge in [0.05, 0.1) is 0 Å². The molecule has 1 nitrogen and oxygen atoms in total. The smallest absolute Gasteiger partial charge is 0.00642 e. The summed E-state index contributed by atoms with van der Waals surface area (Å²) in [6.45, 7) is 10.3. The molecule has 0 aromatic rings. The molecule has 0 saturated heterocycles. The molecule has 0 aromatic heterocycles. The van der Waals surface area contributed by atoms with E-state index in [0.29, 0.717) is 6.04 Å². The lowest BCUT2D eigenvalue weighted by molar-refractivity contribution is 0.392. The Morgan fingerprint density at radius 1 is 1.23 bits per heavy atom. The molecule has 0 aromatic carbocycles. The maximum Gasteiger partial charge on any atom is 0.00642 e. The lowest BCUT2D eigenvalue weighted by atomic mass is 10.0. The standard InChI is InChI=1S/C11H25NS/c1-5-10(3)11(4)12-8-7-9-13-6-2/h10-12H,5-9H2,1-4H3. The molecule has 2 atom stereocenters. The van der Waals surface area contributed by atoms with Crippen molar-refractivity contribution in [1.82, 2.24) is 5.32 Å². The van der Waals surface area contributed by atoms with Crippen molar-refractivity contribution < 1.29 is 0 Å². The van der Waals surface area contributed by atoms with Crippen LogP contribution >= 0.6 is 11.8 Å². The van der Waals surface area contributed by atoms with E-state index >= 15 is 0 Å². The first-order chi connectivity index (χ1) is 6.22. The van der Waals surface area contributed by atoms with Crippen LogP contribution in [0.4, 0.5) is 0 Å². The summed E-state index contributed by atoms with van der Waals surface area (Å²) >= 11 is 2.03.